The van der Waals surface area contributed by atoms with Crippen molar-refractivity contribution in [2.45, 2.75) is 13.1 Å². The summed E-state index contributed by atoms with van der Waals surface area (Å²) in [5.41, 5.74) is -0.387. The van der Waals surface area contributed by atoms with Gasteiger partial charge in [0.1, 0.15) is 16.5 Å². The average Bonchev–Trinajstić information content (AvgIpc) is 2.35. The Labute approximate surface area is 117 Å². The predicted octanol–water partition coefficient (Wildman–Crippen LogP) is 4.56. The van der Waals surface area contributed by atoms with Gasteiger partial charge in [0.05, 0.1) is 5.56 Å². The third-order valence-electron chi connectivity index (χ3n) is 2.52. The summed E-state index contributed by atoms with van der Waals surface area (Å²) in [6, 6.07) is 5.13. The number of hydrogen-bond acceptors (Lipinski definition) is 3. The number of phenolic OH excluding ortho intramolecular Hbond substituents is 1. The van der Waals surface area contributed by atoms with Gasteiger partial charge < -0.3 is 9.84 Å². The van der Waals surface area contributed by atoms with Gasteiger partial charge in [0, 0.05) is 6.20 Å². The molecular weight excluding hydrogens is 295 g/mol. The summed E-state index contributed by atoms with van der Waals surface area (Å²) in [6.45, 7) is 1.66. The SMILES string of the molecule is Cc1cc(Oc2ncc(C(F)(F)F)cc2Cl)ccc1O. The van der Waals surface area contributed by atoms with Crippen LogP contribution in [0.5, 0.6) is 17.4 Å². The van der Waals surface area contributed by atoms with Crippen molar-refractivity contribution < 1.29 is 23.0 Å². The number of rotatable bonds is 2. The number of benzene rings is 1. The van der Waals surface area contributed by atoms with Crippen molar-refractivity contribution in [1.82, 2.24) is 4.98 Å². The Kier molecular flexibility index (Phi) is 3.76. The van der Waals surface area contributed by atoms with Crippen LogP contribution in [-0.4, -0.2) is 10.1 Å². The second kappa shape index (κ2) is 5.20. The highest BCUT2D eigenvalue weighted by atomic mass is 35.5. The van der Waals surface area contributed by atoms with Crippen LogP contribution >= 0.6 is 11.6 Å². The van der Waals surface area contributed by atoms with E-state index in [1.165, 1.54) is 18.2 Å². The van der Waals surface area contributed by atoms with E-state index in [-0.39, 0.29) is 16.7 Å². The van der Waals surface area contributed by atoms with Gasteiger partial charge in [0.2, 0.25) is 5.88 Å². The first-order valence-electron chi connectivity index (χ1n) is 5.47. The smallest absolute Gasteiger partial charge is 0.417 e. The zero-order chi connectivity index (χ0) is 14.9. The van der Waals surface area contributed by atoms with Gasteiger partial charge in [-0.25, -0.2) is 4.98 Å². The molecule has 0 atom stereocenters. The van der Waals surface area contributed by atoms with Gasteiger partial charge >= 0.3 is 6.18 Å². The lowest BCUT2D eigenvalue weighted by molar-refractivity contribution is -0.137. The second-order valence-electron chi connectivity index (χ2n) is 4.06. The molecule has 0 unspecified atom stereocenters. The maximum absolute atomic E-state index is 12.5. The van der Waals surface area contributed by atoms with Gasteiger partial charge in [0.25, 0.3) is 0 Å². The Morgan fingerprint density at radius 2 is 1.95 bits per heavy atom. The fourth-order valence-electron chi connectivity index (χ4n) is 1.46. The number of hydrogen-bond donors (Lipinski definition) is 1. The van der Waals surface area contributed by atoms with Crippen LogP contribution in [-0.2, 0) is 6.18 Å². The van der Waals surface area contributed by atoms with Gasteiger partial charge in [-0.1, -0.05) is 11.6 Å². The normalized spacial score (nSPS) is 11.4. The average molecular weight is 304 g/mol. The molecule has 0 fully saturated rings. The molecule has 106 valence electrons. The van der Waals surface area contributed by atoms with Gasteiger partial charge in [-0.2, -0.15) is 13.2 Å². The number of ether oxygens (including phenoxy) is 1. The molecule has 0 aliphatic rings. The van der Waals surface area contributed by atoms with Crippen LogP contribution in [0.3, 0.4) is 0 Å². The summed E-state index contributed by atoms with van der Waals surface area (Å²) in [5, 5.41) is 9.12. The minimum atomic E-state index is -4.51. The van der Waals surface area contributed by atoms with Gasteiger partial charge in [0.15, 0.2) is 0 Å². The Hall–Kier alpha value is -1.95. The Morgan fingerprint density at radius 1 is 1.25 bits per heavy atom. The number of halogens is 4. The molecule has 0 amide bonds. The predicted molar refractivity (Wildman–Crippen MR) is 67.2 cm³/mol. The third-order valence-corrected chi connectivity index (χ3v) is 2.79. The monoisotopic (exact) mass is 303 g/mol. The molecule has 1 N–H and O–H groups in total. The fraction of sp³-hybridized carbons (Fsp3) is 0.154. The van der Waals surface area contributed by atoms with Crippen LogP contribution in [0.4, 0.5) is 13.2 Å². The molecule has 2 aromatic rings. The van der Waals surface area contributed by atoms with Crippen LogP contribution in [0.25, 0.3) is 0 Å². The van der Waals surface area contributed by atoms with Crippen LogP contribution in [0.1, 0.15) is 11.1 Å². The summed E-state index contributed by atoms with van der Waals surface area (Å²) in [5.74, 6) is 0.267. The number of phenols is 1. The van der Waals surface area contributed by atoms with E-state index in [4.69, 9.17) is 16.3 Å². The molecule has 7 heteroatoms. The van der Waals surface area contributed by atoms with E-state index in [1.54, 1.807) is 6.92 Å². The van der Waals surface area contributed by atoms with Crippen molar-refractivity contribution >= 4 is 11.6 Å². The number of aromatic nitrogens is 1. The lowest BCUT2D eigenvalue weighted by atomic mass is 10.2. The first-order valence-corrected chi connectivity index (χ1v) is 5.85. The Balaban J connectivity index is 2.28. The Bertz CT molecular complexity index is 644. The molecule has 1 aromatic carbocycles. The summed E-state index contributed by atoms with van der Waals surface area (Å²) >= 11 is 5.72. The van der Waals surface area contributed by atoms with E-state index in [2.05, 4.69) is 4.98 Å². The highest BCUT2D eigenvalue weighted by Crippen LogP contribution is 2.35. The lowest BCUT2D eigenvalue weighted by Gasteiger charge is -2.10. The molecule has 0 bridgehead atoms. The number of aryl methyl sites for hydroxylation is 1. The minimum absolute atomic E-state index is 0.0869. The molecule has 0 aliphatic heterocycles. The topological polar surface area (TPSA) is 42.4 Å². The molecular formula is C13H9ClF3NO2. The van der Waals surface area contributed by atoms with Crippen LogP contribution in [0.2, 0.25) is 5.02 Å². The first-order chi connectivity index (χ1) is 9.27. The molecule has 0 saturated carbocycles. The van der Waals surface area contributed by atoms with Crippen molar-refractivity contribution in [1.29, 1.82) is 0 Å². The molecule has 0 spiro atoms. The quantitative estimate of drug-likeness (QED) is 0.884. The fourth-order valence-corrected chi connectivity index (χ4v) is 1.66. The second-order valence-corrected chi connectivity index (χ2v) is 4.47. The lowest BCUT2D eigenvalue weighted by Crippen LogP contribution is -2.05. The maximum atomic E-state index is 12.5. The first kappa shape index (κ1) is 14.5. The summed E-state index contributed by atoms with van der Waals surface area (Å²) in [7, 11) is 0. The molecule has 0 aliphatic carbocycles. The largest absolute Gasteiger partial charge is 0.508 e. The van der Waals surface area contributed by atoms with Crippen molar-refractivity contribution in [3.63, 3.8) is 0 Å². The van der Waals surface area contributed by atoms with Gasteiger partial charge in [-0.05, 0) is 36.8 Å². The molecule has 1 aromatic heterocycles. The van der Waals surface area contributed by atoms with Crippen LogP contribution in [0, 0.1) is 6.92 Å². The summed E-state index contributed by atoms with van der Waals surface area (Å²) < 4.78 is 42.7. The van der Waals surface area contributed by atoms with E-state index in [0.29, 0.717) is 17.5 Å². The van der Waals surface area contributed by atoms with E-state index >= 15 is 0 Å². The number of aromatic hydroxyl groups is 1. The highest BCUT2D eigenvalue weighted by molar-refractivity contribution is 6.31. The molecule has 0 radical (unpaired) electrons. The molecule has 1 heterocycles. The highest BCUT2D eigenvalue weighted by Gasteiger charge is 2.31. The number of alkyl halides is 3. The minimum Gasteiger partial charge on any atom is -0.508 e. The number of nitrogens with zero attached hydrogens (tertiary/aromatic N) is 1. The van der Waals surface area contributed by atoms with Crippen molar-refractivity contribution in [3.8, 4) is 17.4 Å². The Morgan fingerprint density at radius 3 is 2.50 bits per heavy atom. The van der Waals surface area contributed by atoms with Crippen molar-refractivity contribution in [2.75, 3.05) is 0 Å². The molecule has 2 rings (SSSR count). The van der Waals surface area contributed by atoms with Crippen molar-refractivity contribution in [3.05, 3.63) is 46.6 Å². The molecule has 0 saturated heterocycles. The van der Waals surface area contributed by atoms with E-state index in [0.717, 1.165) is 6.07 Å². The van der Waals surface area contributed by atoms with Gasteiger partial charge in [-0.3, -0.25) is 0 Å². The van der Waals surface area contributed by atoms with Crippen LogP contribution < -0.4 is 4.74 Å². The van der Waals surface area contributed by atoms with Gasteiger partial charge in [-0.15, -0.1) is 0 Å². The molecule has 3 nitrogen and oxygen atoms in total. The molecule has 20 heavy (non-hydrogen) atoms. The zero-order valence-electron chi connectivity index (χ0n) is 10.2. The number of pyridine rings is 1. The summed E-state index contributed by atoms with van der Waals surface area (Å²) in [6.07, 6.45) is -3.86. The van der Waals surface area contributed by atoms with Crippen LogP contribution in [0.15, 0.2) is 30.5 Å². The zero-order valence-corrected chi connectivity index (χ0v) is 11.0. The summed E-state index contributed by atoms with van der Waals surface area (Å²) in [4.78, 5) is 3.56. The maximum Gasteiger partial charge on any atom is 0.417 e. The van der Waals surface area contributed by atoms with E-state index in [9.17, 15) is 18.3 Å². The van der Waals surface area contributed by atoms with E-state index in [1.807, 2.05) is 0 Å². The van der Waals surface area contributed by atoms with E-state index < -0.39 is 11.7 Å². The standard InChI is InChI=1S/C13H9ClF3NO2/c1-7-4-9(2-3-11(7)19)20-12-10(14)5-8(6-18-12)13(15,16)17/h2-6,19H,1H3. The van der Waals surface area contributed by atoms with Crippen molar-refractivity contribution in [2.24, 2.45) is 0 Å². The third kappa shape index (κ3) is 3.14.